The number of halogens is 3. The lowest BCUT2D eigenvalue weighted by atomic mass is 10.2. The summed E-state index contributed by atoms with van der Waals surface area (Å²) in [5.74, 6) is 0.474. The molecular formula is C8H3BrF2. The third kappa shape index (κ3) is 1.58. The molecule has 1 rings (SSSR count). The second-order valence-corrected chi connectivity index (χ2v) is 2.80. The van der Waals surface area contributed by atoms with Gasteiger partial charge in [-0.15, -0.1) is 6.42 Å². The van der Waals surface area contributed by atoms with Crippen molar-refractivity contribution in [1.29, 1.82) is 0 Å². The van der Waals surface area contributed by atoms with Crippen LogP contribution in [0.15, 0.2) is 16.6 Å². The van der Waals surface area contributed by atoms with Gasteiger partial charge in [0.25, 0.3) is 0 Å². The minimum absolute atomic E-state index is 0.326. The van der Waals surface area contributed by atoms with E-state index in [-0.39, 0.29) is 5.56 Å². The first-order chi connectivity index (χ1) is 5.15. The molecule has 0 spiro atoms. The molecule has 1 aromatic carbocycles. The zero-order valence-electron chi connectivity index (χ0n) is 5.37. The maximum atomic E-state index is 12.7. The van der Waals surface area contributed by atoms with E-state index in [0.29, 0.717) is 4.47 Å². The van der Waals surface area contributed by atoms with Crippen molar-refractivity contribution >= 4 is 15.9 Å². The molecule has 0 aromatic heterocycles. The summed E-state index contributed by atoms with van der Waals surface area (Å²) in [5, 5.41) is 0. The highest BCUT2D eigenvalue weighted by Crippen LogP contribution is 2.18. The summed E-state index contributed by atoms with van der Waals surface area (Å²) in [6.45, 7) is 0. The smallest absolute Gasteiger partial charge is 0.142 e. The van der Waals surface area contributed by atoms with E-state index in [2.05, 4.69) is 15.9 Å². The molecule has 0 N–H and O–H groups in total. The number of benzene rings is 1. The summed E-state index contributed by atoms with van der Waals surface area (Å²) in [7, 11) is 0. The van der Waals surface area contributed by atoms with Gasteiger partial charge in [-0.05, 0) is 12.1 Å². The van der Waals surface area contributed by atoms with E-state index in [4.69, 9.17) is 6.42 Å². The molecule has 0 saturated heterocycles. The van der Waals surface area contributed by atoms with Crippen molar-refractivity contribution in [1.82, 2.24) is 0 Å². The van der Waals surface area contributed by atoms with Gasteiger partial charge in [0.05, 0.1) is 5.56 Å². The molecule has 0 saturated carbocycles. The van der Waals surface area contributed by atoms with Crippen LogP contribution in [0.5, 0.6) is 0 Å². The van der Waals surface area contributed by atoms with Gasteiger partial charge in [-0.1, -0.05) is 21.9 Å². The van der Waals surface area contributed by atoms with Gasteiger partial charge in [0, 0.05) is 4.47 Å². The van der Waals surface area contributed by atoms with E-state index >= 15 is 0 Å². The van der Waals surface area contributed by atoms with Crippen LogP contribution in [0.1, 0.15) is 5.56 Å². The van der Waals surface area contributed by atoms with Crippen LogP contribution in [0.2, 0.25) is 0 Å². The van der Waals surface area contributed by atoms with Crippen LogP contribution in [0.25, 0.3) is 0 Å². The molecule has 56 valence electrons. The van der Waals surface area contributed by atoms with Gasteiger partial charge in [0.15, 0.2) is 0 Å². The predicted molar refractivity (Wildman–Crippen MR) is 42.0 cm³/mol. The standard InChI is InChI=1S/C8H3BrF2/c1-2-6-7(10)3-5(9)4-8(6)11/h1,3-4H. The van der Waals surface area contributed by atoms with Crippen LogP contribution < -0.4 is 0 Å². The fourth-order valence-corrected chi connectivity index (χ4v) is 1.08. The average molecular weight is 217 g/mol. The minimum Gasteiger partial charge on any atom is -0.205 e. The zero-order valence-corrected chi connectivity index (χ0v) is 6.95. The zero-order chi connectivity index (χ0) is 8.43. The van der Waals surface area contributed by atoms with Crippen LogP contribution in [0.4, 0.5) is 8.78 Å². The monoisotopic (exact) mass is 216 g/mol. The molecule has 0 amide bonds. The SMILES string of the molecule is C#Cc1c(F)cc(Br)cc1F. The van der Waals surface area contributed by atoms with Crippen LogP contribution in [-0.2, 0) is 0 Å². The molecule has 0 aliphatic rings. The van der Waals surface area contributed by atoms with Gasteiger partial charge in [-0.25, -0.2) is 8.78 Å². The third-order valence-corrected chi connectivity index (χ3v) is 1.61. The molecule has 0 aliphatic heterocycles. The van der Waals surface area contributed by atoms with Gasteiger partial charge >= 0.3 is 0 Å². The summed E-state index contributed by atoms with van der Waals surface area (Å²) >= 11 is 2.93. The highest BCUT2D eigenvalue weighted by molar-refractivity contribution is 9.10. The third-order valence-electron chi connectivity index (χ3n) is 1.15. The van der Waals surface area contributed by atoms with E-state index in [1.165, 1.54) is 0 Å². The molecule has 1 aromatic rings. The Labute approximate surface area is 71.4 Å². The lowest BCUT2D eigenvalue weighted by Crippen LogP contribution is -1.88. The highest BCUT2D eigenvalue weighted by atomic mass is 79.9. The van der Waals surface area contributed by atoms with E-state index in [9.17, 15) is 8.78 Å². The minimum atomic E-state index is -0.723. The molecule has 0 heterocycles. The Morgan fingerprint density at radius 3 is 2.09 bits per heavy atom. The van der Waals surface area contributed by atoms with E-state index in [1.54, 1.807) is 0 Å². The van der Waals surface area contributed by atoms with E-state index in [0.717, 1.165) is 12.1 Å². The maximum Gasteiger partial charge on any atom is 0.142 e. The summed E-state index contributed by atoms with van der Waals surface area (Å²) < 4.78 is 25.7. The molecule has 0 atom stereocenters. The summed E-state index contributed by atoms with van der Waals surface area (Å²) in [6.07, 6.45) is 4.86. The molecule has 0 aliphatic carbocycles. The van der Waals surface area contributed by atoms with Crippen molar-refractivity contribution in [2.24, 2.45) is 0 Å². The summed E-state index contributed by atoms with van der Waals surface area (Å²) in [4.78, 5) is 0. The van der Waals surface area contributed by atoms with Gasteiger partial charge in [-0.3, -0.25) is 0 Å². The first kappa shape index (κ1) is 8.22. The molecule has 11 heavy (non-hydrogen) atoms. The van der Waals surface area contributed by atoms with Crippen LogP contribution in [0.3, 0.4) is 0 Å². The largest absolute Gasteiger partial charge is 0.205 e. The Balaban J connectivity index is 3.40. The Kier molecular flexibility index (Phi) is 2.25. The second kappa shape index (κ2) is 3.02. The van der Waals surface area contributed by atoms with Gasteiger partial charge in [0.1, 0.15) is 11.6 Å². The fraction of sp³-hybridized carbons (Fsp3) is 0. The first-order valence-electron chi connectivity index (χ1n) is 2.76. The maximum absolute atomic E-state index is 12.7. The number of hydrogen-bond donors (Lipinski definition) is 0. The Bertz CT molecular complexity index is 302. The van der Waals surface area contributed by atoms with E-state index in [1.807, 2.05) is 5.92 Å². The van der Waals surface area contributed by atoms with Crippen molar-refractivity contribution < 1.29 is 8.78 Å². The quantitative estimate of drug-likeness (QED) is 0.586. The molecule has 0 nitrogen and oxygen atoms in total. The lowest BCUT2D eigenvalue weighted by Gasteiger charge is -1.96. The Morgan fingerprint density at radius 2 is 1.73 bits per heavy atom. The van der Waals surface area contributed by atoms with Crippen LogP contribution >= 0.6 is 15.9 Å². The van der Waals surface area contributed by atoms with Crippen molar-refractivity contribution in [3.8, 4) is 12.3 Å². The van der Waals surface area contributed by atoms with Gasteiger partial charge in [-0.2, -0.15) is 0 Å². The molecule has 0 unspecified atom stereocenters. The highest BCUT2D eigenvalue weighted by Gasteiger charge is 2.06. The summed E-state index contributed by atoms with van der Waals surface area (Å²) in [6, 6.07) is 2.25. The normalized spacial score (nSPS) is 9.27. The van der Waals surface area contributed by atoms with Gasteiger partial charge in [0.2, 0.25) is 0 Å². The lowest BCUT2D eigenvalue weighted by molar-refractivity contribution is 0.576. The van der Waals surface area contributed by atoms with Crippen LogP contribution in [0, 0.1) is 24.0 Å². The van der Waals surface area contributed by atoms with E-state index < -0.39 is 11.6 Å². The Morgan fingerprint density at radius 1 is 1.27 bits per heavy atom. The number of terminal acetylenes is 1. The average Bonchev–Trinajstić information content (AvgIpc) is 1.85. The molecule has 0 bridgehead atoms. The van der Waals surface area contributed by atoms with Crippen molar-refractivity contribution in [3.05, 3.63) is 33.8 Å². The fourth-order valence-electron chi connectivity index (χ4n) is 0.680. The van der Waals surface area contributed by atoms with Crippen molar-refractivity contribution in [3.63, 3.8) is 0 Å². The molecule has 3 heteroatoms. The molecule has 0 radical (unpaired) electrons. The molecule has 0 fully saturated rings. The number of rotatable bonds is 0. The topological polar surface area (TPSA) is 0 Å². The van der Waals surface area contributed by atoms with Crippen molar-refractivity contribution in [2.75, 3.05) is 0 Å². The second-order valence-electron chi connectivity index (χ2n) is 1.89. The Hall–Kier alpha value is -0.880. The molecular weight excluding hydrogens is 214 g/mol. The van der Waals surface area contributed by atoms with Crippen LogP contribution in [-0.4, -0.2) is 0 Å². The van der Waals surface area contributed by atoms with Gasteiger partial charge < -0.3 is 0 Å². The van der Waals surface area contributed by atoms with Crippen molar-refractivity contribution in [2.45, 2.75) is 0 Å². The first-order valence-corrected chi connectivity index (χ1v) is 3.55. The number of hydrogen-bond acceptors (Lipinski definition) is 0. The summed E-state index contributed by atoms with van der Waals surface area (Å²) in [5.41, 5.74) is -0.326. The predicted octanol–water partition coefficient (Wildman–Crippen LogP) is 2.71.